The molecule has 1 aliphatic rings. The molecule has 0 aromatic heterocycles. The van der Waals surface area contributed by atoms with E-state index in [1.807, 2.05) is 0 Å². The summed E-state index contributed by atoms with van der Waals surface area (Å²) in [5.74, 6) is -0.864. The number of amides is 1. The van der Waals surface area contributed by atoms with Gasteiger partial charge in [0, 0.05) is 5.56 Å². The van der Waals surface area contributed by atoms with E-state index in [1.54, 1.807) is 0 Å². The second kappa shape index (κ2) is 5.35. The highest BCUT2D eigenvalue weighted by molar-refractivity contribution is 5.95. The van der Waals surface area contributed by atoms with Crippen molar-refractivity contribution in [2.45, 2.75) is 37.8 Å². The molecule has 0 spiro atoms. The summed E-state index contributed by atoms with van der Waals surface area (Å²) in [5, 5.41) is 12.5. The Morgan fingerprint density at radius 1 is 1.39 bits per heavy atom. The minimum Gasteiger partial charge on any atom is -0.396 e. The van der Waals surface area contributed by atoms with E-state index in [0.717, 1.165) is 19.3 Å². The molecule has 0 saturated heterocycles. The fourth-order valence-electron chi connectivity index (χ4n) is 2.22. The van der Waals surface area contributed by atoms with Crippen LogP contribution in [-0.2, 0) is 0 Å². The molecule has 1 saturated carbocycles. The van der Waals surface area contributed by atoms with E-state index in [1.165, 1.54) is 18.2 Å². The van der Waals surface area contributed by atoms with Gasteiger partial charge in [0.25, 0.3) is 5.91 Å². The highest BCUT2D eigenvalue weighted by Crippen LogP contribution is 2.19. The van der Waals surface area contributed by atoms with Crippen LogP contribution in [0.2, 0.25) is 0 Å². The second-order valence-corrected chi connectivity index (χ2v) is 4.67. The first-order chi connectivity index (χ1) is 8.58. The van der Waals surface area contributed by atoms with Crippen LogP contribution >= 0.6 is 0 Å². The lowest BCUT2D eigenvalue weighted by Gasteiger charge is -2.28. The maximum atomic E-state index is 13.0. The van der Waals surface area contributed by atoms with Gasteiger partial charge in [0.15, 0.2) is 0 Å². The van der Waals surface area contributed by atoms with Gasteiger partial charge in [0.1, 0.15) is 5.82 Å². The lowest BCUT2D eigenvalue weighted by atomic mass is 9.92. The van der Waals surface area contributed by atoms with E-state index in [-0.39, 0.29) is 17.6 Å². The number of nitrogens with two attached hydrogens (primary N) is 1. The van der Waals surface area contributed by atoms with Crippen molar-refractivity contribution in [3.05, 3.63) is 29.6 Å². The minimum atomic E-state index is -0.538. The molecule has 0 heterocycles. The van der Waals surface area contributed by atoms with E-state index >= 15 is 0 Å². The molecule has 5 heteroatoms. The number of hydrogen-bond acceptors (Lipinski definition) is 3. The Hall–Kier alpha value is -1.62. The quantitative estimate of drug-likeness (QED) is 0.697. The van der Waals surface area contributed by atoms with Crippen LogP contribution in [-0.4, -0.2) is 23.2 Å². The van der Waals surface area contributed by atoms with Crippen molar-refractivity contribution in [2.75, 3.05) is 5.73 Å². The van der Waals surface area contributed by atoms with E-state index in [0.29, 0.717) is 12.0 Å². The van der Waals surface area contributed by atoms with Gasteiger partial charge in [-0.25, -0.2) is 4.39 Å². The summed E-state index contributed by atoms with van der Waals surface area (Å²) in [7, 11) is 0. The van der Waals surface area contributed by atoms with Crippen LogP contribution in [0.15, 0.2) is 18.2 Å². The average molecular weight is 252 g/mol. The average Bonchev–Trinajstić information content (AvgIpc) is 2.35. The van der Waals surface area contributed by atoms with Gasteiger partial charge in [-0.1, -0.05) is 12.8 Å². The number of carbonyl (C=O) groups is 1. The first-order valence-electron chi connectivity index (χ1n) is 6.12. The molecule has 0 bridgehead atoms. The standard InChI is InChI=1S/C13H17FN2O2/c14-9-6-5-8(7-10(9)15)13(18)16-11-3-1-2-4-12(11)17/h5-7,11-12,17H,1-4,15H2,(H,16,18). The smallest absolute Gasteiger partial charge is 0.251 e. The molecule has 1 aromatic carbocycles. The molecule has 1 aliphatic carbocycles. The highest BCUT2D eigenvalue weighted by atomic mass is 19.1. The van der Waals surface area contributed by atoms with Gasteiger partial charge >= 0.3 is 0 Å². The topological polar surface area (TPSA) is 75.4 Å². The van der Waals surface area contributed by atoms with E-state index < -0.39 is 11.9 Å². The van der Waals surface area contributed by atoms with Crippen LogP contribution < -0.4 is 11.1 Å². The van der Waals surface area contributed by atoms with Gasteiger partial charge in [0.2, 0.25) is 0 Å². The molecule has 2 atom stereocenters. The van der Waals surface area contributed by atoms with Crippen molar-refractivity contribution in [3.8, 4) is 0 Å². The number of carbonyl (C=O) groups excluding carboxylic acids is 1. The predicted molar refractivity (Wildman–Crippen MR) is 66.5 cm³/mol. The zero-order valence-electron chi connectivity index (χ0n) is 10.0. The number of anilines is 1. The monoisotopic (exact) mass is 252 g/mol. The van der Waals surface area contributed by atoms with Crippen molar-refractivity contribution >= 4 is 11.6 Å². The predicted octanol–water partition coefficient (Wildman–Crippen LogP) is 1.44. The summed E-state index contributed by atoms with van der Waals surface area (Å²) in [4.78, 5) is 11.9. The number of aliphatic hydroxyl groups is 1. The van der Waals surface area contributed by atoms with Crippen molar-refractivity contribution in [3.63, 3.8) is 0 Å². The molecule has 0 radical (unpaired) electrons. The van der Waals surface area contributed by atoms with Crippen LogP contribution in [0.1, 0.15) is 36.0 Å². The maximum absolute atomic E-state index is 13.0. The van der Waals surface area contributed by atoms with Gasteiger partial charge in [-0.2, -0.15) is 0 Å². The summed E-state index contributed by atoms with van der Waals surface area (Å²) in [6, 6.07) is 3.63. The van der Waals surface area contributed by atoms with E-state index in [2.05, 4.69) is 5.32 Å². The Morgan fingerprint density at radius 3 is 2.78 bits per heavy atom. The Bertz CT molecular complexity index is 451. The largest absolute Gasteiger partial charge is 0.396 e. The number of nitrogen functional groups attached to an aromatic ring is 1. The molecule has 1 fully saturated rings. The molecule has 18 heavy (non-hydrogen) atoms. The molecule has 0 aliphatic heterocycles. The molecule has 1 aromatic rings. The SMILES string of the molecule is Nc1cc(C(=O)NC2CCCCC2O)ccc1F. The third kappa shape index (κ3) is 2.79. The fraction of sp³-hybridized carbons (Fsp3) is 0.462. The van der Waals surface area contributed by atoms with E-state index in [4.69, 9.17) is 5.73 Å². The van der Waals surface area contributed by atoms with Crippen molar-refractivity contribution < 1.29 is 14.3 Å². The molecular weight excluding hydrogens is 235 g/mol. The van der Waals surface area contributed by atoms with Crippen LogP contribution in [0.5, 0.6) is 0 Å². The summed E-state index contributed by atoms with van der Waals surface area (Å²) in [6.45, 7) is 0. The van der Waals surface area contributed by atoms with Gasteiger partial charge in [-0.15, -0.1) is 0 Å². The van der Waals surface area contributed by atoms with Crippen molar-refractivity contribution in [1.29, 1.82) is 0 Å². The lowest BCUT2D eigenvalue weighted by Crippen LogP contribution is -2.45. The summed E-state index contributed by atoms with van der Waals surface area (Å²) >= 11 is 0. The van der Waals surface area contributed by atoms with Crippen LogP contribution in [0.3, 0.4) is 0 Å². The number of hydrogen-bond donors (Lipinski definition) is 3. The van der Waals surface area contributed by atoms with Crippen LogP contribution in [0.4, 0.5) is 10.1 Å². The Morgan fingerprint density at radius 2 is 2.11 bits per heavy atom. The fourth-order valence-corrected chi connectivity index (χ4v) is 2.22. The Kier molecular flexibility index (Phi) is 3.81. The summed E-state index contributed by atoms with van der Waals surface area (Å²) in [5.41, 5.74) is 5.68. The second-order valence-electron chi connectivity index (χ2n) is 4.67. The first kappa shape index (κ1) is 12.8. The lowest BCUT2D eigenvalue weighted by molar-refractivity contribution is 0.0717. The van der Waals surface area contributed by atoms with Gasteiger partial charge in [0.05, 0.1) is 17.8 Å². The molecule has 4 nitrogen and oxygen atoms in total. The molecule has 4 N–H and O–H groups in total. The summed E-state index contributed by atoms with van der Waals surface area (Å²) in [6.07, 6.45) is 2.95. The normalized spacial score (nSPS) is 23.7. The van der Waals surface area contributed by atoms with E-state index in [9.17, 15) is 14.3 Å². The van der Waals surface area contributed by atoms with Crippen LogP contribution in [0.25, 0.3) is 0 Å². The number of nitrogens with one attached hydrogen (secondary N) is 1. The zero-order valence-corrected chi connectivity index (χ0v) is 10.0. The van der Waals surface area contributed by atoms with Crippen molar-refractivity contribution in [1.82, 2.24) is 5.32 Å². The highest BCUT2D eigenvalue weighted by Gasteiger charge is 2.24. The summed E-state index contributed by atoms with van der Waals surface area (Å²) < 4.78 is 13.0. The molecule has 1 amide bonds. The van der Waals surface area contributed by atoms with Crippen LogP contribution in [0, 0.1) is 5.82 Å². The molecular formula is C13H17FN2O2. The number of halogens is 1. The number of aliphatic hydroxyl groups excluding tert-OH is 1. The molecule has 2 unspecified atom stereocenters. The number of benzene rings is 1. The number of rotatable bonds is 2. The molecule has 98 valence electrons. The molecule has 2 rings (SSSR count). The third-order valence-corrected chi connectivity index (χ3v) is 3.30. The Labute approximate surface area is 105 Å². The maximum Gasteiger partial charge on any atom is 0.251 e. The van der Waals surface area contributed by atoms with Gasteiger partial charge < -0.3 is 16.2 Å². The zero-order chi connectivity index (χ0) is 13.1. The van der Waals surface area contributed by atoms with Crippen molar-refractivity contribution in [2.24, 2.45) is 0 Å². The van der Waals surface area contributed by atoms with Gasteiger partial charge in [-0.05, 0) is 31.0 Å². The first-order valence-corrected chi connectivity index (χ1v) is 6.12. The Balaban J connectivity index is 2.04. The van der Waals surface area contributed by atoms with Gasteiger partial charge in [-0.3, -0.25) is 4.79 Å². The third-order valence-electron chi connectivity index (χ3n) is 3.30. The minimum absolute atomic E-state index is 0.0492.